The summed E-state index contributed by atoms with van der Waals surface area (Å²) >= 11 is 11.8. The molecule has 0 saturated heterocycles. The van der Waals surface area contributed by atoms with Gasteiger partial charge in [-0.2, -0.15) is 23.4 Å². The number of hydrogen-bond donors (Lipinski definition) is 1. The Balaban J connectivity index is 1.62. The van der Waals surface area contributed by atoms with Gasteiger partial charge < -0.3 is 5.32 Å². The molecule has 0 aromatic carbocycles. The first-order valence-corrected chi connectivity index (χ1v) is 8.74. The summed E-state index contributed by atoms with van der Waals surface area (Å²) in [6.07, 6.45) is -1.22. The van der Waals surface area contributed by atoms with Gasteiger partial charge in [-0.05, 0) is 19.3 Å². The van der Waals surface area contributed by atoms with Crippen LogP contribution >= 0.6 is 23.2 Å². The van der Waals surface area contributed by atoms with Gasteiger partial charge in [-0.15, -0.1) is 0 Å². The van der Waals surface area contributed by atoms with Gasteiger partial charge in [-0.1, -0.05) is 23.2 Å². The fourth-order valence-corrected chi connectivity index (χ4v) is 3.38. The third-order valence-corrected chi connectivity index (χ3v) is 4.75. The lowest BCUT2D eigenvalue weighted by atomic mass is 10.2. The molecule has 1 aliphatic carbocycles. The number of alkyl halides is 3. The molecule has 0 unspecified atom stereocenters. The van der Waals surface area contributed by atoms with Crippen LogP contribution in [0.3, 0.4) is 0 Å². The molecule has 1 saturated carbocycles. The number of amides is 1. The van der Waals surface area contributed by atoms with Gasteiger partial charge in [0.15, 0.2) is 5.69 Å². The van der Waals surface area contributed by atoms with Gasteiger partial charge in [0.25, 0.3) is 5.91 Å². The largest absolute Gasteiger partial charge is 0.436 e. The molecule has 0 atom stereocenters. The van der Waals surface area contributed by atoms with Crippen molar-refractivity contribution in [2.45, 2.75) is 37.9 Å². The molecule has 3 rings (SSSR count). The molecule has 1 fully saturated rings. The molecule has 142 valence electrons. The Morgan fingerprint density at radius 3 is 2.62 bits per heavy atom. The minimum Gasteiger partial charge on any atom is -0.351 e. The monoisotopic (exact) mass is 409 g/mol. The molecule has 11 heteroatoms. The number of nitrogens with one attached hydrogen (secondary N) is 1. The summed E-state index contributed by atoms with van der Waals surface area (Å²) in [6, 6.07) is 0. The van der Waals surface area contributed by atoms with Crippen LogP contribution in [0.2, 0.25) is 10.0 Å². The van der Waals surface area contributed by atoms with Gasteiger partial charge in [0.05, 0.1) is 21.9 Å². The van der Waals surface area contributed by atoms with Crippen LogP contribution in [0, 0.1) is 0 Å². The van der Waals surface area contributed by atoms with Crippen molar-refractivity contribution in [3.63, 3.8) is 0 Å². The van der Waals surface area contributed by atoms with Gasteiger partial charge in [0.1, 0.15) is 5.69 Å². The fraction of sp³-hybridized carbons (Fsp3) is 0.533. The summed E-state index contributed by atoms with van der Waals surface area (Å²) in [7, 11) is 1.59. The molecule has 1 amide bonds. The van der Waals surface area contributed by atoms with Crippen molar-refractivity contribution in [2.24, 2.45) is 7.05 Å². The molecule has 0 radical (unpaired) electrons. The Labute approximate surface area is 157 Å². The van der Waals surface area contributed by atoms with E-state index >= 15 is 0 Å². The van der Waals surface area contributed by atoms with Crippen molar-refractivity contribution in [3.8, 4) is 0 Å². The summed E-state index contributed by atoms with van der Waals surface area (Å²) in [5, 5.41) is 10.1. The number of carbonyl (C=O) groups is 1. The first-order valence-electron chi connectivity index (χ1n) is 7.99. The molecule has 2 aromatic heterocycles. The maximum absolute atomic E-state index is 13.0. The van der Waals surface area contributed by atoms with E-state index in [4.69, 9.17) is 23.2 Å². The highest BCUT2D eigenvalue weighted by atomic mass is 35.5. The Morgan fingerprint density at radius 2 is 2.08 bits per heavy atom. The highest BCUT2D eigenvalue weighted by molar-refractivity contribution is 6.33. The third kappa shape index (κ3) is 3.83. The smallest absolute Gasteiger partial charge is 0.351 e. The quantitative estimate of drug-likeness (QED) is 0.740. The molecule has 1 N–H and O–H groups in total. The number of aromatic nitrogens is 4. The first-order chi connectivity index (χ1) is 12.2. The number of rotatable bonds is 6. The van der Waals surface area contributed by atoms with Crippen molar-refractivity contribution >= 4 is 29.1 Å². The molecule has 2 aromatic rings. The van der Waals surface area contributed by atoms with Crippen LogP contribution in [0.15, 0.2) is 6.20 Å². The van der Waals surface area contributed by atoms with Gasteiger partial charge in [-0.3, -0.25) is 14.2 Å². The Bertz CT molecular complexity index is 807. The molecular weight excluding hydrogens is 394 g/mol. The third-order valence-electron chi connectivity index (χ3n) is 4.11. The summed E-state index contributed by atoms with van der Waals surface area (Å²) < 4.78 is 41.7. The second kappa shape index (κ2) is 7.11. The normalized spacial score (nSPS) is 14.7. The number of hydrogen-bond acceptors (Lipinski definition) is 3. The second-order valence-electron chi connectivity index (χ2n) is 6.12. The zero-order valence-corrected chi connectivity index (χ0v) is 15.3. The average Bonchev–Trinajstić information content (AvgIpc) is 3.24. The van der Waals surface area contributed by atoms with Crippen LogP contribution in [0.5, 0.6) is 0 Å². The van der Waals surface area contributed by atoms with Gasteiger partial charge in [0, 0.05) is 26.1 Å². The van der Waals surface area contributed by atoms with E-state index < -0.39 is 17.8 Å². The summed E-state index contributed by atoms with van der Waals surface area (Å²) in [6.45, 7) is 0.476. The van der Waals surface area contributed by atoms with Gasteiger partial charge in [-0.25, -0.2) is 0 Å². The van der Waals surface area contributed by atoms with E-state index in [-0.39, 0.29) is 34.7 Å². The molecule has 0 aliphatic heterocycles. The number of halogens is 5. The SMILES string of the molecule is Cn1ncc(Cl)c1C(=O)NCCCn1nc(C(F)(F)F)c(Cl)c1C1CC1. The molecule has 26 heavy (non-hydrogen) atoms. The van der Waals surface area contributed by atoms with Gasteiger partial charge >= 0.3 is 6.18 Å². The Hall–Kier alpha value is -1.74. The van der Waals surface area contributed by atoms with Crippen molar-refractivity contribution in [3.05, 3.63) is 33.3 Å². The van der Waals surface area contributed by atoms with E-state index in [0.29, 0.717) is 12.1 Å². The van der Waals surface area contributed by atoms with E-state index in [1.807, 2.05) is 0 Å². The number of aryl methyl sites for hydroxylation is 2. The summed E-state index contributed by atoms with van der Waals surface area (Å²) in [5.41, 5.74) is -0.390. The topological polar surface area (TPSA) is 64.7 Å². The predicted molar refractivity (Wildman–Crippen MR) is 89.4 cm³/mol. The standard InChI is InChI=1S/C15H16Cl2F3N5O/c1-24-12(9(16)7-22-24)14(26)21-5-2-6-25-11(8-3-4-8)10(17)13(23-25)15(18,19)20/h7-8H,2-6H2,1H3,(H,21,26). The van der Waals surface area contributed by atoms with E-state index in [1.54, 1.807) is 7.05 Å². The van der Waals surface area contributed by atoms with E-state index in [0.717, 1.165) is 12.8 Å². The molecule has 2 heterocycles. The van der Waals surface area contributed by atoms with Crippen LogP contribution in [0.1, 0.15) is 47.1 Å². The maximum atomic E-state index is 13.0. The molecule has 0 spiro atoms. The minimum atomic E-state index is -4.59. The Morgan fingerprint density at radius 1 is 1.38 bits per heavy atom. The van der Waals surface area contributed by atoms with E-state index in [1.165, 1.54) is 15.6 Å². The number of carbonyl (C=O) groups excluding carboxylic acids is 1. The lowest BCUT2D eigenvalue weighted by molar-refractivity contribution is -0.141. The van der Waals surface area contributed by atoms with Gasteiger partial charge in [0.2, 0.25) is 0 Å². The average molecular weight is 410 g/mol. The van der Waals surface area contributed by atoms with E-state index in [2.05, 4.69) is 15.5 Å². The minimum absolute atomic E-state index is 0.0222. The van der Waals surface area contributed by atoms with Crippen molar-refractivity contribution in [2.75, 3.05) is 6.54 Å². The van der Waals surface area contributed by atoms with Crippen molar-refractivity contribution in [1.82, 2.24) is 24.9 Å². The molecule has 0 bridgehead atoms. The first kappa shape index (κ1) is 19.0. The highest BCUT2D eigenvalue weighted by Gasteiger charge is 2.41. The lowest BCUT2D eigenvalue weighted by Crippen LogP contribution is -2.27. The van der Waals surface area contributed by atoms with Crippen LogP contribution in [-0.4, -0.2) is 32.0 Å². The Kier molecular flexibility index (Phi) is 5.21. The van der Waals surface area contributed by atoms with Crippen LogP contribution in [-0.2, 0) is 19.8 Å². The number of nitrogens with zero attached hydrogens (tertiary/aromatic N) is 4. The van der Waals surface area contributed by atoms with Crippen LogP contribution in [0.25, 0.3) is 0 Å². The zero-order valence-electron chi connectivity index (χ0n) is 13.8. The van der Waals surface area contributed by atoms with Crippen LogP contribution < -0.4 is 5.32 Å². The maximum Gasteiger partial charge on any atom is 0.436 e. The second-order valence-corrected chi connectivity index (χ2v) is 6.90. The molecule has 1 aliphatic rings. The zero-order chi connectivity index (χ0) is 19.1. The predicted octanol–water partition coefficient (Wildman–Crippen LogP) is 3.64. The molecular formula is C15H16Cl2F3N5O. The highest BCUT2D eigenvalue weighted by Crippen LogP contribution is 2.46. The summed E-state index contributed by atoms with van der Waals surface area (Å²) in [5.74, 6) is -0.374. The van der Waals surface area contributed by atoms with Crippen molar-refractivity contribution < 1.29 is 18.0 Å². The molecule has 6 nitrogen and oxygen atoms in total. The van der Waals surface area contributed by atoms with E-state index in [9.17, 15) is 18.0 Å². The van der Waals surface area contributed by atoms with Crippen molar-refractivity contribution in [1.29, 1.82) is 0 Å². The van der Waals surface area contributed by atoms with Crippen LogP contribution in [0.4, 0.5) is 13.2 Å². The summed E-state index contributed by atoms with van der Waals surface area (Å²) in [4.78, 5) is 12.1. The fourth-order valence-electron chi connectivity index (χ4n) is 2.73. The lowest BCUT2D eigenvalue weighted by Gasteiger charge is -2.08.